The first-order valence-corrected chi connectivity index (χ1v) is 3.31. The Bertz CT molecular complexity index is 260. The second kappa shape index (κ2) is 2.85. The molecule has 0 spiro atoms. The molecule has 68 valence electrons. The molecular weight excluding hydrogens is 195 g/mol. The van der Waals surface area contributed by atoms with Crippen molar-refractivity contribution in [1.82, 2.24) is 9.78 Å². The fourth-order valence-electron chi connectivity index (χ4n) is 0.677. The predicted octanol–water partition coefficient (Wildman–Crippen LogP) is 1.68. The van der Waals surface area contributed by atoms with Crippen molar-refractivity contribution in [2.24, 2.45) is 0 Å². The summed E-state index contributed by atoms with van der Waals surface area (Å²) in [6, 6.07) is 0. The zero-order chi connectivity index (χ0) is 9.35. The Balaban J connectivity index is 2.77. The van der Waals surface area contributed by atoms with E-state index in [1.54, 1.807) is 0 Å². The monoisotopic (exact) mass is 199 g/mol. The number of hydrogen-bond acceptors (Lipinski definition) is 2. The van der Waals surface area contributed by atoms with E-state index in [4.69, 9.17) is 17.3 Å². The lowest BCUT2D eigenvalue weighted by Gasteiger charge is -2.04. The third kappa shape index (κ3) is 2.30. The lowest BCUT2D eigenvalue weighted by atomic mass is 10.6. The van der Waals surface area contributed by atoms with Crippen LogP contribution >= 0.6 is 11.6 Å². The van der Waals surface area contributed by atoms with Gasteiger partial charge in [-0.05, 0) is 0 Å². The Morgan fingerprint density at radius 3 is 2.50 bits per heavy atom. The number of anilines is 1. The molecule has 0 radical (unpaired) electrons. The van der Waals surface area contributed by atoms with E-state index in [1.807, 2.05) is 0 Å². The summed E-state index contributed by atoms with van der Waals surface area (Å²) in [5.41, 5.74) is 5.13. The normalized spacial score (nSPS) is 12.0. The number of aromatic nitrogens is 2. The van der Waals surface area contributed by atoms with Gasteiger partial charge in [-0.3, -0.25) is 4.68 Å². The molecule has 0 aliphatic rings. The molecule has 0 unspecified atom stereocenters. The SMILES string of the molecule is Nc1nn(CC(F)(F)F)cc1Cl. The average molecular weight is 200 g/mol. The highest BCUT2D eigenvalue weighted by Gasteiger charge is 2.28. The van der Waals surface area contributed by atoms with Crippen LogP contribution in [0, 0.1) is 0 Å². The standard InChI is InChI=1S/C5H5ClF3N3/c6-3-1-12(11-4(3)10)2-5(7,8)9/h1H,2H2,(H2,10,11). The highest BCUT2D eigenvalue weighted by molar-refractivity contribution is 6.32. The molecule has 0 saturated heterocycles. The molecule has 1 aromatic rings. The second-order valence-corrected chi connectivity index (χ2v) is 2.58. The van der Waals surface area contributed by atoms with Crippen LogP contribution < -0.4 is 5.73 Å². The van der Waals surface area contributed by atoms with Crippen molar-refractivity contribution in [2.75, 3.05) is 5.73 Å². The summed E-state index contributed by atoms with van der Waals surface area (Å²) < 4.78 is 35.9. The van der Waals surface area contributed by atoms with E-state index >= 15 is 0 Å². The fraction of sp³-hybridized carbons (Fsp3) is 0.400. The molecule has 0 fully saturated rings. The zero-order valence-electron chi connectivity index (χ0n) is 5.77. The molecule has 0 aromatic carbocycles. The Morgan fingerprint density at radius 1 is 1.58 bits per heavy atom. The number of nitrogens with zero attached hydrogens (tertiary/aromatic N) is 2. The Labute approximate surface area is 70.9 Å². The van der Waals surface area contributed by atoms with E-state index in [0.29, 0.717) is 4.68 Å². The smallest absolute Gasteiger partial charge is 0.381 e. The van der Waals surface area contributed by atoms with Gasteiger partial charge in [-0.15, -0.1) is 0 Å². The van der Waals surface area contributed by atoms with Gasteiger partial charge in [0.25, 0.3) is 0 Å². The average Bonchev–Trinajstić information content (AvgIpc) is 2.07. The van der Waals surface area contributed by atoms with Crippen molar-refractivity contribution in [3.8, 4) is 0 Å². The van der Waals surface area contributed by atoms with Gasteiger partial charge in [0.2, 0.25) is 0 Å². The van der Waals surface area contributed by atoms with Crippen LogP contribution in [0.3, 0.4) is 0 Å². The number of rotatable bonds is 1. The van der Waals surface area contributed by atoms with Crippen molar-refractivity contribution in [2.45, 2.75) is 12.7 Å². The van der Waals surface area contributed by atoms with Gasteiger partial charge in [0.05, 0.1) is 0 Å². The first-order valence-electron chi connectivity index (χ1n) is 2.93. The summed E-state index contributed by atoms with van der Waals surface area (Å²) in [5.74, 6) is -0.0964. The minimum Gasteiger partial charge on any atom is -0.381 e. The topological polar surface area (TPSA) is 43.8 Å². The Kier molecular flexibility index (Phi) is 2.18. The van der Waals surface area contributed by atoms with E-state index in [9.17, 15) is 13.2 Å². The lowest BCUT2D eigenvalue weighted by molar-refractivity contribution is -0.142. The minimum atomic E-state index is -4.30. The molecule has 0 bridgehead atoms. The summed E-state index contributed by atoms with van der Waals surface area (Å²) >= 11 is 5.38. The lowest BCUT2D eigenvalue weighted by Crippen LogP contribution is -2.18. The van der Waals surface area contributed by atoms with E-state index in [-0.39, 0.29) is 10.8 Å². The van der Waals surface area contributed by atoms with Crippen LogP contribution in [-0.2, 0) is 6.54 Å². The minimum absolute atomic E-state index is 0.0271. The van der Waals surface area contributed by atoms with Crippen LogP contribution in [-0.4, -0.2) is 16.0 Å². The summed E-state index contributed by atoms with van der Waals surface area (Å²) in [6.07, 6.45) is -3.27. The number of hydrogen-bond donors (Lipinski definition) is 1. The summed E-state index contributed by atoms with van der Waals surface area (Å²) in [4.78, 5) is 0. The van der Waals surface area contributed by atoms with Gasteiger partial charge in [0.1, 0.15) is 11.6 Å². The van der Waals surface area contributed by atoms with Gasteiger partial charge in [-0.2, -0.15) is 18.3 Å². The largest absolute Gasteiger partial charge is 0.408 e. The molecule has 0 aliphatic carbocycles. The zero-order valence-corrected chi connectivity index (χ0v) is 6.52. The summed E-state index contributed by atoms with van der Waals surface area (Å²) in [5, 5.41) is 3.37. The van der Waals surface area contributed by atoms with Crippen molar-refractivity contribution < 1.29 is 13.2 Å². The van der Waals surface area contributed by atoms with Crippen LogP contribution in [0.1, 0.15) is 0 Å². The van der Waals surface area contributed by atoms with Gasteiger partial charge >= 0.3 is 6.18 Å². The van der Waals surface area contributed by atoms with Crippen LogP contribution in [0.2, 0.25) is 5.02 Å². The molecule has 1 aromatic heterocycles. The Morgan fingerprint density at radius 2 is 2.17 bits per heavy atom. The van der Waals surface area contributed by atoms with E-state index in [2.05, 4.69) is 5.10 Å². The van der Waals surface area contributed by atoms with Crippen molar-refractivity contribution >= 4 is 17.4 Å². The molecule has 0 saturated carbocycles. The maximum absolute atomic E-state index is 11.7. The van der Waals surface area contributed by atoms with Gasteiger partial charge in [-0.25, -0.2) is 0 Å². The van der Waals surface area contributed by atoms with E-state index in [1.165, 1.54) is 0 Å². The van der Waals surface area contributed by atoms with E-state index in [0.717, 1.165) is 6.20 Å². The second-order valence-electron chi connectivity index (χ2n) is 2.18. The molecule has 12 heavy (non-hydrogen) atoms. The molecule has 1 heterocycles. The molecule has 0 atom stereocenters. The number of alkyl halides is 3. The maximum Gasteiger partial charge on any atom is 0.408 e. The third-order valence-corrected chi connectivity index (χ3v) is 1.38. The van der Waals surface area contributed by atoms with Crippen molar-refractivity contribution in [3.63, 3.8) is 0 Å². The van der Waals surface area contributed by atoms with Crippen LogP contribution in [0.15, 0.2) is 6.20 Å². The number of halogens is 4. The van der Waals surface area contributed by atoms with Crippen LogP contribution in [0.4, 0.5) is 19.0 Å². The summed E-state index contributed by atoms with van der Waals surface area (Å²) in [7, 11) is 0. The van der Waals surface area contributed by atoms with E-state index < -0.39 is 12.7 Å². The van der Waals surface area contributed by atoms with Crippen LogP contribution in [0.25, 0.3) is 0 Å². The summed E-state index contributed by atoms with van der Waals surface area (Å²) in [6.45, 7) is -1.18. The number of nitrogens with two attached hydrogens (primary N) is 1. The van der Waals surface area contributed by atoms with Crippen LogP contribution in [0.5, 0.6) is 0 Å². The van der Waals surface area contributed by atoms with Gasteiger partial charge < -0.3 is 5.73 Å². The predicted molar refractivity (Wildman–Crippen MR) is 37.7 cm³/mol. The maximum atomic E-state index is 11.7. The molecule has 7 heteroatoms. The van der Waals surface area contributed by atoms with Gasteiger partial charge in [-0.1, -0.05) is 11.6 Å². The Hall–Kier alpha value is -0.910. The van der Waals surface area contributed by atoms with Gasteiger partial charge in [0.15, 0.2) is 5.82 Å². The molecule has 2 N–H and O–H groups in total. The highest BCUT2D eigenvalue weighted by atomic mass is 35.5. The molecule has 0 aliphatic heterocycles. The quantitative estimate of drug-likeness (QED) is 0.748. The number of nitrogen functional groups attached to an aromatic ring is 1. The first-order chi connectivity index (χ1) is 5.38. The van der Waals surface area contributed by atoms with Gasteiger partial charge in [0, 0.05) is 6.20 Å². The molecule has 0 amide bonds. The highest BCUT2D eigenvalue weighted by Crippen LogP contribution is 2.20. The molecular formula is C5H5ClF3N3. The van der Waals surface area contributed by atoms with Crippen molar-refractivity contribution in [3.05, 3.63) is 11.2 Å². The first kappa shape index (κ1) is 9.18. The third-order valence-electron chi connectivity index (χ3n) is 1.08. The van der Waals surface area contributed by atoms with Crippen molar-refractivity contribution in [1.29, 1.82) is 0 Å². The molecule has 3 nitrogen and oxygen atoms in total. The fourth-order valence-corrected chi connectivity index (χ4v) is 0.827. The molecule has 1 rings (SSSR count).